The maximum Gasteiger partial charge on any atom is 0.472 e. The van der Waals surface area contributed by atoms with Crippen molar-refractivity contribution in [3.05, 3.63) is 0 Å². The molecule has 0 amide bonds. The first-order valence-corrected chi connectivity index (χ1v) is 46.8. The molecule has 0 saturated carbocycles. The van der Waals surface area contributed by atoms with E-state index in [9.17, 15) is 43.2 Å². The third-order valence-electron chi connectivity index (χ3n) is 19.9. The highest BCUT2D eigenvalue weighted by atomic mass is 31.2. The molecule has 0 aliphatic heterocycles. The van der Waals surface area contributed by atoms with Gasteiger partial charge in [-0.05, 0) is 43.4 Å². The van der Waals surface area contributed by atoms with Crippen LogP contribution in [0.15, 0.2) is 0 Å². The van der Waals surface area contributed by atoms with Gasteiger partial charge in [-0.2, -0.15) is 0 Å². The smallest absolute Gasteiger partial charge is 0.462 e. The molecule has 0 rings (SSSR count). The average molecular weight is 1520 g/mol. The van der Waals surface area contributed by atoms with E-state index in [4.69, 9.17) is 37.0 Å². The summed E-state index contributed by atoms with van der Waals surface area (Å²) in [6.07, 6.45) is 65.1. The maximum absolute atomic E-state index is 13.1. The van der Waals surface area contributed by atoms with Gasteiger partial charge in [0, 0.05) is 25.7 Å². The lowest BCUT2D eigenvalue weighted by Gasteiger charge is -2.21. The number of esters is 4. The van der Waals surface area contributed by atoms with Gasteiger partial charge in [-0.1, -0.05) is 395 Å². The molecule has 2 unspecified atom stereocenters. The van der Waals surface area contributed by atoms with E-state index in [1.165, 1.54) is 257 Å². The van der Waals surface area contributed by atoms with E-state index in [0.29, 0.717) is 25.7 Å². The predicted molar refractivity (Wildman–Crippen MR) is 428 cm³/mol. The molecule has 5 atom stereocenters. The molecule has 17 nitrogen and oxygen atoms in total. The summed E-state index contributed by atoms with van der Waals surface area (Å²) >= 11 is 0. The fraction of sp³-hybridized carbons (Fsp3) is 0.953. The lowest BCUT2D eigenvalue weighted by atomic mass is 10.0. The second-order valence-corrected chi connectivity index (χ2v) is 34.9. The quantitative estimate of drug-likeness (QED) is 0.0222. The molecule has 0 aromatic rings. The Kier molecular flexibility index (Phi) is 73.7. The van der Waals surface area contributed by atoms with Crippen molar-refractivity contribution in [1.29, 1.82) is 0 Å². The van der Waals surface area contributed by atoms with Crippen molar-refractivity contribution in [2.75, 3.05) is 39.6 Å². The van der Waals surface area contributed by atoms with E-state index in [1.54, 1.807) is 0 Å². The number of ether oxygens (including phenoxy) is 4. The fourth-order valence-electron chi connectivity index (χ4n) is 13.2. The Morgan fingerprint density at radius 2 is 0.442 bits per heavy atom. The summed E-state index contributed by atoms with van der Waals surface area (Å²) in [4.78, 5) is 73.2. The zero-order valence-corrected chi connectivity index (χ0v) is 70.3. The van der Waals surface area contributed by atoms with Crippen LogP contribution in [0.2, 0.25) is 0 Å². The molecule has 19 heteroatoms. The molecule has 0 bridgehead atoms. The van der Waals surface area contributed by atoms with Gasteiger partial charge in [-0.15, -0.1) is 0 Å². The second-order valence-electron chi connectivity index (χ2n) is 32.0. The minimum atomic E-state index is -4.97. The summed E-state index contributed by atoms with van der Waals surface area (Å²) in [7, 11) is -9.93. The van der Waals surface area contributed by atoms with E-state index in [2.05, 4.69) is 48.5 Å². The fourth-order valence-corrected chi connectivity index (χ4v) is 14.8. The van der Waals surface area contributed by atoms with Crippen molar-refractivity contribution >= 4 is 39.5 Å². The molecule has 618 valence electrons. The Bertz CT molecular complexity index is 2010. The van der Waals surface area contributed by atoms with E-state index < -0.39 is 97.5 Å². The molecule has 0 aromatic heterocycles. The number of carbonyl (C=O) groups excluding carboxylic acids is 4. The van der Waals surface area contributed by atoms with Crippen LogP contribution in [0.4, 0.5) is 0 Å². The first-order valence-electron chi connectivity index (χ1n) is 43.8. The van der Waals surface area contributed by atoms with E-state index in [-0.39, 0.29) is 25.7 Å². The van der Waals surface area contributed by atoms with Crippen LogP contribution < -0.4 is 0 Å². The number of hydrogen-bond donors (Lipinski definition) is 3. The predicted octanol–water partition coefficient (Wildman–Crippen LogP) is 25.7. The van der Waals surface area contributed by atoms with Crippen molar-refractivity contribution in [2.24, 2.45) is 17.8 Å². The number of unbranched alkanes of at least 4 members (excludes halogenated alkanes) is 51. The van der Waals surface area contributed by atoms with Gasteiger partial charge in [-0.25, -0.2) is 9.13 Å². The molecule has 0 aromatic carbocycles. The number of phosphoric acid groups is 2. The molecule has 0 saturated heterocycles. The van der Waals surface area contributed by atoms with Crippen LogP contribution in [0, 0.1) is 17.8 Å². The highest BCUT2D eigenvalue weighted by molar-refractivity contribution is 7.47. The number of phosphoric ester groups is 2. The van der Waals surface area contributed by atoms with Gasteiger partial charge in [0.15, 0.2) is 12.2 Å². The van der Waals surface area contributed by atoms with Crippen LogP contribution in [0.3, 0.4) is 0 Å². The van der Waals surface area contributed by atoms with Gasteiger partial charge in [0.1, 0.15) is 19.3 Å². The van der Waals surface area contributed by atoms with Crippen LogP contribution in [0.25, 0.3) is 0 Å². The topological polar surface area (TPSA) is 237 Å². The van der Waals surface area contributed by atoms with Crippen LogP contribution in [-0.4, -0.2) is 96.7 Å². The molecular formula is C85H166O17P2. The first-order chi connectivity index (χ1) is 50.2. The zero-order chi connectivity index (χ0) is 76.5. The van der Waals surface area contributed by atoms with Crippen molar-refractivity contribution in [2.45, 2.75) is 465 Å². The van der Waals surface area contributed by atoms with E-state index in [1.807, 2.05) is 0 Å². The molecule has 0 heterocycles. The Hall–Kier alpha value is -1.94. The molecular weight excluding hydrogens is 1350 g/mol. The molecule has 104 heavy (non-hydrogen) atoms. The highest BCUT2D eigenvalue weighted by Gasteiger charge is 2.30. The maximum atomic E-state index is 13.1. The summed E-state index contributed by atoms with van der Waals surface area (Å²) in [6.45, 7) is 12.0. The molecule has 0 spiro atoms. The van der Waals surface area contributed by atoms with Crippen molar-refractivity contribution in [3.8, 4) is 0 Å². The third-order valence-corrected chi connectivity index (χ3v) is 21.8. The van der Waals surface area contributed by atoms with Gasteiger partial charge in [-0.3, -0.25) is 37.3 Å². The van der Waals surface area contributed by atoms with Crippen LogP contribution in [-0.2, 0) is 65.4 Å². The van der Waals surface area contributed by atoms with Gasteiger partial charge < -0.3 is 33.8 Å². The highest BCUT2D eigenvalue weighted by Crippen LogP contribution is 2.45. The summed E-state index contributed by atoms with van der Waals surface area (Å²) in [5.41, 5.74) is 0. The van der Waals surface area contributed by atoms with Crippen LogP contribution >= 0.6 is 15.6 Å². The van der Waals surface area contributed by atoms with Gasteiger partial charge in [0.25, 0.3) is 0 Å². The van der Waals surface area contributed by atoms with Crippen molar-refractivity contribution in [1.82, 2.24) is 0 Å². The SMILES string of the molecule is CCCCCCCCCCCCCCC(=O)OC[C@H](COP(=O)(O)OC[C@H](O)COP(=O)(O)OC[C@@H](COC(=O)CCCCCCCCCCCCCCCCCC(C)C)OC(=O)CCCCCCCCCCCCCCCCCCC(C)C)OC(=O)CCCCCCCCCCCCCCC(C)C. The molecule has 0 radical (unpaired) electrons. The van der Waals surface area contributed by atoms with E-state index in [0.717, 1.165) is 108 Å². The minimum Gasteiger partial charge on any atom is -0.462 e. The van der Waals surface area contributed by atoms with Gasteiger partial charge in [0.05, 0.1) is 26.4 Å². The lowest BCUT2D eigenvalue weighted by molar-refractivity contribution is -0.161. The van der Waals surface area contributed by atoms with Crippen molar-refractivity contribution < 1.29 is 80.2 Å². The van der Waals surface area contributed by atoms with Crippen LogP contribution in [0.5, 0.6) is 0 Å². The Balaban J connectivity index is 5.26. The Morgan fingerprint density at radius 3 is 0.654 bits per heavy atom. The monoisotopic (exact) mass is 1520 g/mol. The van der Waals surface area contributed by atoms with Gasteiger partial charge >= 0.3 is 39.5 Å². The number of hydrogen-bond acceptors (Lipinski definition) is 15. The summed E-state index contributed by atoms with van der Waals surface area (Å²) in [5, 5.41) is 10.7. The standard InChI is InChI=1S/C85H166O17P2/c1-8-9-10-11-12-13-14-31-38-45-52-59-66-82(87)95-72-80(102-85(90)69-62-55-48-41-34-27-26-30-37-44-51-58-65-78(6)7)74-99-103(91,92)97-70-79(86)71-98-104(93,94)100-75-81(73-96-83(88)67-60-53-46-39-32-24-21-17-19-23-29-36-43-50-57-64-77(4)5)101-84(89)68-61-54-47-40-33-25-20-16-15-18-22-28-35-42-49-56-63-76(2)3/h76-81,86H,8-75H2,1-7H3,(H,91,92)(H,93,94)/t79-,80+,81+/m0/s1. The second kappa shape index (κ2) is 75.1. The van der Waals surface area contributed by atoms with E-state index >= 15 is 0 Å². The molecule has 3 N–H and O–H groups in total. The molecule has 0 aliphatic rings. The third kappa shape index (κ3) is 78.2. The van der Waals surface area contributed by atoms with Gasteiger partial charge in [0.2, 0.25) is 0 Å². The molecule has 0 fully saturated rings. The van der Waals surface area contributed by atoms with Crippen molar-refractivity contribution in [3.63, 3.8) is 0 Å². The average Bonchev–Trinajstić information content (AvgIpc) is 0.903. The zero-order valence-electron chi connectivity index (χ0n) is 68.5. The number of rotatable bonds is 83. The summed E-state index contributed by atoms with van der Waals surface area (Å²) in [5.74, 6) is 0.289. The normalized spacial score (nSPS) is 13.9. The minimum absolute atomic E-state index is 0.107. The Morgan fingerprint density at radius 1 is 0.260 bits per heavy atom. The largest absolute Gasteiger partial charge is 0.472 e. The number of carbonyl (C=O) groups is 4. The summed E-state index contributed by atoms with van der Waals surface area (Å²) < 4.78 is 68.9. The molecule has 0 aliphatic carbocycles. The summed E-state index contributed by atoms with van der Waals surface area (Å²) in [6, 6.07) is 0. The number of aliphatic hydroxyl groups excluding tert-OH is 1. The Labute approximate surface area is 638 Å². The number of aliphatic hydroxyl groups is 1. The first kappa shape index (κ1) is 102. The lowest BCUT2D eigenvalue weighted by Crippen LogP contribution is -2.30. The van der Waals surface area contributed by atoms with Crippen LogP contribution in [0.1, 0.15) is 447 Å².